The van der Waals surface area contributed by atoms with E-state index in [1.807, 2.05) is 24.5 Å². The Balaban J connectivity index is 2.78. The molecule has 0 N–H and O–H groups in total. The van der Waals surface area contributed by atoms with Crippen LogP contribution < -0.4 is 4.74 Å². The number of ether oxygens (including phenoxy) is 1. The van der Waals surface area contributed by atoms with Crippen LogP contribution in [0.15, 0.2) is 36.4 Å². The predicted molar refractivity (Wildman–Crippen MR) is 75.7 cm³/mol. The van der Waals surface area contributed by atoms with E-state index >= 15 is 0 Å². The van der Waals surface area contributed by atoms with Crippen LogP contribution in [-0.4, -0.2) is 17.6 Å². The Morgan fingerprint density at radius 1 is 1.19 bits per heavy atom. The van der Waals surface area contributed by atoms with Gasteiger partial charge in [-0.1, -0.05) is 42.5 Å². The maximum absolute atomic E-state index is 5.39. The summed E-state index contributed by atoms with van der Waals surface area (Å²) in [5.74, 6) is 0.845. The summed E-state index contributed by atoms with van der Waals surface area (Å²) in [4.78, 5) is 0. The van der Waals surface area contributed by atoms with Gasteiger partial charge in [-0.05, 0) is 23.1 Å². The Bertz CT molecular complexity index is 534. The lowest BCUT2D eigenvalue weighted by Crippen LogP contribution is -1.97. The van der Waals surface area contributed by atoms with E-state index in [0.717, 1.165) is 20.9 Å². The van der Waals surface area contributed by atoms with Gasteiger partial charge in [0.05, 0.1) is 11.3 Å². The minimum atomic E-state index is 0.845. The van der Waals surface area contributed by atoms with Crippen LogP contribution >= 0.6 is 24.0 Å². The maximum Gasteiger partial charge on any atom is 0.128 e. The average Bonchev–Trinajstić information content (AvgIpc) is 2.36. The molecule has 2 aromatic carbocycles. The van der Waals surface area contributed by atoms with Gasteiger partial charge in [0.2, 0.25) is 0 Å². The quantitative estimate of drug-likeness (QED) is 0.746. The first kappa shape index (κ1) is 11.4. The molecule has 2 aromatic rings. The highest BCUT2D eigenvalue weighted by atomic mass is 32.2. The SMILES string of the molecule is COc1ccc2ccccc2c1C(=S)SC. The lowest BCUT2D eigenvalue weighted by atomic mass is 10.0. The number of rotatable bonds is 2. The van der Waals surface area contributed by atoms with Gasteiger partial charge < -0.3 is 4.74 Å². The Morgan fingerprint density at radius 3 is 2.62 bits per heavy atom. The Morgan fingerprint density at radius 2 is 1.94 bits per heavy atom. The molecule has 0 fully saturated rings. The van der Waals surface area contributed by atoms with E-state index in [0.29, 0.717) is 0 Å². The Kier molecular flexibility index (Phi) is 3.46. The highest BCUT2D eigenvalue weighted by Crippen LogP contribution is 2.31. The van der Waals surface area contributed by atoms with Gasteiger partial charge in [-0.15, -0.1) is 11.8 Å². The fourth-order valence-corrected chi connectivity index (χ4v) is 2.36. The van der Waals surface area contributed by atoms with Crippen molar-refractivity contribution in [1.82, 2.24) is 0 Å². The van der Waals surface area contributed by atoms with Crippen molar-refractivity contribution in [2.45, 2.75) is 0 Å². The molecule has 0 unspecified atom stereocenters. The smallest absolute Gasteiger partial charge is 0.128 e. The third-order valence-corrected chi connectivity index (χ3v) is 3.78. The van der Waals surface area contributed by atoms with E-state index in [9.17, 15) is 0 Å². The largest absolute Gasteiger partial charge is 0.496 e. The second-order valence-electron chi connectivity index (χ2n) is 3.36. The average molecular weight is 248 g/mol. The molecule has 0 saturated carbocycles. The number of methoxy groups -OCH3 is 1. The van der Waals surface area contributed by atoms with Crippen LogP contribution in [0, 0.1) is 0 Å². The molecule has 2 rings (SSSR count). The van der Waals surface area contributed by atoms with Gasteiger partial charge in [-0.3, -0.25) is 0 Å². The first-order chi connectivity index (χ1) is 7.77. The van der Waals surface area contributed by atoms with Gasteiger partial charge in [0.1, 0.15) is 5.75 Å². The van der Waals surface area contributed by atoms with Crippen LogP contribution in [0.5, 0.6) is 5.75 Å². The molecule has 16 heavy (non-hydrogen) atoms. The van der Waals surface area contributed by atoms with Gasteiger partial charge in [0, 0.05) is 5.56 Å². The fraction of sp³-hybridized carbons (Fsp3) is 0.154. The molecule has 0 aliphatic heterocycles. The monoisotopic (exact) mass is 248 g/mol. The van der Waals surface area contributed by atoms with Crippen LogP contribution in [0.3, 0.4) is 0 Å². The van der Waals surface area contributed by atoms with Gasteiger partial charge in [0.15, 0.2) is 0 Å². The molecule has 0 aromatic heterocycles. The minimum absolute atomic E-state index is 0.845. The second kappa shape index (κ2) is 4.85. The van der Waals surface area contributed by atoms with Gasteiger partial charge in [0.25, 0.3) is 0 Å². The first-order valence-electron chi connectivity index (χ1n) is 4.92. The molecular weight excluding hydrogens is 236 g/mol. The lowest BCUT2D eigenvalue weighted by molar-refractivity contribution is 0.415. The van der Waals surface area contributed by atoms with Gasteiger partial charge in [-0.2, -0.15) is 0 Å². The summed E-state index contributed by atoms with van der Waals surface area (Å²) < 4.78 is 6.24. The first-order valence-corrected chi connectivity index (χ1v) is 6.55. The summed E-state index contributed by atoms with van der Waals surface area (Å²) in [5, 5.41) is 2.34. The number of benzene rings is 2. The number of hydrogen-bond donors (Lipinski definition) is 0. The zero-order valence-corrected chi connectivity index (χ0v) is 10.8. The van der Waals surface area contributed by atoms with E-state index in [-0.39, 0.29) is 0 Å². The third kappa shape index (κ3) is 1.93. The normalized spacial score (nSPS) is 10.4. The molecule has 0 amide bonds. The maximum atomic E-state index is 5.39. The van der Waals surface area contributed by atoms with Crippen molar-refractivity contribution in [3.8, 4) is 5.75 Å². The summed E-state index contributed by atoms with van der Waals surface area (Å²) in [6, 6.07) is 12.2. The van der Waals surface area contributed by atoms with Crippen LogP contribution in [0.1, 0.15) is 5.56 Å². The number of thiocarbonyl (C=S) groups is 1. The van der Waals surface area contributed by atoms with E-state index in [1.165, 1.54) is 5.39 Å². The zero-order valence-electron chi connectivity index (χ0n) is 9.19. The van der Waals surface area contributed by atoms with Crippen molar-refractivity contribution >= 4 is 38.9 Å². The summed E-state index contributed by atoms with van der Waals surface area (Å²) in [5.41, 5.74) is 1.03. The molecular formula is C13H12OS2. The summed E-state index contributed by atoms with van der Waals surface area (Å²) in [6.07, 6.45) is 1.99. The minimum Gasteiger partial charge on any atom is -0.496 e. The fourth-order valence-electron chi connectivity index (χ4n) is 1.73. The van der Waals surface area contributed by atoms with Crippen LogP contribution in [-0.2, 0) is 0 Å². The van der Waals surface area contributed by atoms with E-state index < -0.39 is 0 Å². The van der Waals surface area contributed by atoms with Crippen molar-refractivity contribution in [2.24, 2.45) is 0 Å². The molecule has 0 aliphatic rings. The van der Waals surface area contributed by atoms with E-state index in [4.69, 9.17) is 17.0 Å². The van der Waals surface area contributed by atoms with Crippen molar-refractivity contribution in [3.05, 3.63) is 42.0 Å². The van der Waals surface area contributed by atoms with Crippen molar-refractivity contribution in [3.63, 3.8) is 0 Å². The zero-order chi connectivity index (χ0) is 11.5. The summed E-state index contributed by atoms with van der Waals surface area (Å²) in [7, 11) is 1.68. The highest BCUT2D eigenvalue weighted by Gasteiger charge is 2.11. The number of hydrogen-bond acceptors (Lipinski definition) is 3. The van der Waals surface area contributed by atoms with E-state index in [2.05, 4.69) is 18.2 Å². The molecule has 0 atom stereocenters. The van der Waals surface area contributed by atoms with Crippen molar-refractivity contribution in [2.75, 3.05) is 13.4 Å². The molecule has 0 radical (unpaired) electrons. The molecule has 0 aliphatic carbocycles. The molecule has 0 saturated heterocycles. The molecule has 0 spiro atoms. The molecule has 3 heteroatoms. The Labute approximate surface area is 105 Å². The second-order valence-corrected chi connectivity index (χ2v) is 4.84. The molecule has 82 valence electrons. The van der Waals surface area contributed by atoms with Gasteiger partial charge in [-0.25, -0.2) is 0 Å². The third-order valence-electron chi connectivity index (χ3n) is 2.50. The lowest BCUT2D eigenvalue weighted by Gasteiger charge is -2.11. The Hall–Kier alpha value is -1.06. The highest BCUT2D eigenvalue weighted by molar-refractivity contribution is 8.23. The molecule has 0 heterocycles. The molecule has 0 bridgehead atoms. The van der Waals surface area contributed by atoms with Gasteiger partial charge >= 0.3 is 0 Å². The van der Waals surface area contributed by atoms with Crippen molar-refractivity contribution in [1.29, 1.82) is 0 Å². The van der Waals surface area contributed by atoms with Crippen molar-refractivity contribution < 1.29 is 4.74 Å². The van der Waals surface area contributed by atoms with Crippen LogP contribution in [0.2, 0.25) is 0 Å². The predicted octanol–water partition coefficient (Wildman–Crippen LogP) is 3.89. The topological polar surface area (TPSA) is 9.23 Å². The van der Waals surface area contributed by atoms with Crippen LogP contribution in [0.25, 0.3) is 10.8 Å². The van der Waals surface area contributed by atoms with Crippen LogP contribution in [0.4, 0.5) is 0 Å². The standard InChI is InChI=1S/C13H12OS2/c1-14-11-8-7-9-5-3-4-6-10(9)12(11)13(15)16-2/h3-8H,1-2H3. The van der Waals surface area contributed by atoms with E-state index in [1.54, 1.807) is 18.9 Å². The summed E-state index contributed by atoms with van der Waals surface area (Å²) >= 11 is 6.96. The number of fused-ring (bicyclic) bond motifs is 1. The molecule has 1 nitrogen and oxygen atoms in total. The number of thioether (sulfide) groups is 1. The summed E-state index contributed by atoms with van der Waals surface area (Å²) in [6.45, 7) is 0.